The molecule has 0 bridgehead atoms. The summed E-state index contributed by atoms with van der Waals surface area (Å²) < 4.78 is 35.4. The summed E-state index contributed by atoms with van der Waals surface area (Å²) >= 11 is 0. The van der Waals surface area contributed by atoms with Crippen LogP contribution in [0.2, 0.25) is 0 Å². The molecule has 0 radical (unpaired) electrons. The van der Waals surface area contributed by atoms with Crippen molar-refractivity contribution in [3.63, 3.8) is 0 Å². The molecule has 0 aliphatic carbocycles. The van der Waals surface area contributed by atoms with Gasteiger partial charge in [0, 0.05) is 130 Å². The predicted octanol–water partition coefficient (Wildman–Crippen LogP) is 10.7. The zero-order valence-electron chi connectivity index (χ0n) is 60.0. The smallest absolute Gasteiger partial charge is 0.248 e. The number of pyridine rings is 4. The molecule has 12 aromatic heterocycles. The summed E-state index contributed by atoms with van der Waals surface area (Å²) in [5, 5.41) is 1.27. The fraction of sp³-hybridized carbons (Fsp3) is 0.308. The average molecular weight is 1290 g/mol. The van der Waals surface area contributed by atoms with E-state index in [0.717, 1.165) is 39.8 Å². The number of fused-ring (bicyclic) bond motifs is 2. The van der Waals surface area contributed by atoms with E-state index in [1.54, 1.807) is 0 Å². The summed E-state index contributed by atoms with van der Waals surface area (Å²) in [4.78, 5) is 9.33. The van der Waals surface area contributed by atoms with Gasteiger partial charge in [-0.3, -0.25) is 0 Å². The maximum atomic E-state index is 4.86. The van der Waals surface area contributed by atoms with Crippen molar-refractivity contribution in [1.82, 2.24) is 47.0 Å². The molecule has 18 heteroatoms. The second kappa shape index (κ2) is 27.8. The van der Waals surface area contributed by atoms with Crippen LogP contribution >= 0.6 is 0 Å². The Bertz CT molecular complexity index is 4760. The highest BCUT2D eigenvalue weighted by atomic mass is 15.4. The number of aryl methyl sites for hydroxylation is 4. The molecule has 18 nitrogen and oxygen atoms in total. The van der Waals surface area contributed by atoms with Crippen molar-refractivity contribution in [2.45, 2.75) is 79.6 Å². The molecule has 0 aliphatic rings. The van der Waals surface area contributed by atoms with Gasteiger partial charge in [0.1, 0.15) is 39.6 Å². The van der Waals surface area contributed by atoms with Crippen LogP contribution in [0.25, 0.3) is 113 Å². The lowest BCUT2D eigenvalue weighted by atomic mass is 10.2. The minimum atomic E-state index is 0.419. The Balaban J connectivity index is 0.000000130. The van der Waals surface area contributed by atoms with Gasteiger partial charge in [0.05, 0.1) is 39.2 Å². The van der Waals surface area contributed by atoms with E-state index in [4.69, 9.17) is 4.98 Å². The van der Waals surface area contributed by atoms with Crippen LogP contribution in [0.5, 0.6) is 0 Å². The van der Waals surface area contributed by atoms with E-state index >= 15 is 0 Å². The van der Waals surface area contributed by atoms with Gasteiger partial charge in [-0.15, -0.1) is 37.5 Å². The molecule has 0 atom stereocenters. The monoisotopic (exact) mass is 1290 g/mol. The first kappa shape index (κ1) is 66.8. The summed E-state index contributed by atoms with van der Waals surface area (Å²) in [5.74, 6) is 1.94. The van der Waals surface area contributed by atoms with Gasteiger partial charge in [-0.05, 0) is 116 Å². The lowest BCUT2D eigenvalue weighted by Crippen LogP contribution is -2.44. The molecule has 2 aromatic carbocycles. The summed E-state index contributed by atoms with van der Waals surface area (Å²) in [5.41, 5.74) is 20.0. The normalized spacial score (nSPS) is 11.5. The van der Waals surface area contributed by atoms with Crippen LogP contribution in [-0.4, -0.2) is 47.0 Å². The van der Waals surface area contributed by atoms with Crippen LogP contribution in [0.4, 0.5) is 0 Å². The Labute approximate surface area is 565 Å². The Morgan fingerprint density at radius 2 is 0.677 bits per heavy atom. The van der Waals surface area contributed by atoms with Gasteiger partial charge in [-0.2, -0.15) is 18.3 Å². The van der Waals surface area contributed by atoms with Crippen LogP contribution in [0.1, 0.15) is 79.6 Å². The van der Waals surface area contributed by atoms with E-state index in [0.29, 0.717) is 24.2 Å². The third kappa shape index (κ3) is 12.7. The first-order valence-electron chi connectivity index (χ1n) is 33.3. The Morgan fingerprint density at radius 1 is 0.312 bits per heavy atom. The number of imidazole rings is 2. The van der Waals surface area contributed by atoms with Crippen molar-refractivity contribution in [3.05, 3.63) is 207 Å². The molecule has 0 spiro atoms. The van der Waals surface area contributed by atoms with Gasteiger partial charge in [0.2, 0.25) is 57.2 Å². The second-order valence-corrected chi connectivity index (χ2v) is 26.2. The molecular formula is C78H98N18+8. The third-order valence-corrected chi connectivity index (χ3v) is 18.9. The quantitative estimate of drug-likeness (QED) is 0.114. The van der Waals surface area contributed by atoms with Crippen LogP contribution in [0, 0.1) is 0 Å². The number of para-hydroxylation sites is 3. The minimum Gasteiger partial charge on any atom is -0.346 e. The minimum absolute atomic E-state index is 0.419. The molecule has 14 aromatic rings. The molecule has 0 N–H and O–H groups in total. The first-order chi connectivity index (χ1) is 46.0. The third-order valence-electron chi connectivity index (χ3n) is 18.9. The van der Waals surface area contributed by atoms with Gasteiger partial charge >= 0.3 is 0 Å². The van der Waals surface area contributed by atoms with Crippen LogP contribution < -0.4 is 37.0 Å². The van der Waals surface area contributed by atoms with E-state index < -0.39 is 0 Å². The first-order valence-corrected chi connectivity index (χ1v) is 33.3. The van der Waals surface area contributed by atoms with E-state index in [1.165, 1.54) is 73.5 Å². The van der Waals surface area contributed by atoms with Crippen molar-refractivity contribution >= 4 is 21.9 Å². The fourth-order valence-electron chi connectivity index (χ4n) is 13.6. The maximum absolute atomic E-state index is 4.86. The summed E-state index contributed by atoms with van der Waals surface area (Å²) in [6.07, 6.45) is 14.5. The molecule has 96 heavy (non-hydrogen) atoms. The largest absolute Gasteiger partial charge is 0.346 e. The molecule has 12 heterocycles. The molecule has 0 unspecified atom stereocenters. The van der Waals surface area contributed by atoms with Crippen LogP contribution in [0.15, 0.2) is 207 Å². The van der Waals surface area contributed by atoms with E-state index in [1.807, 2.05) is 30.1 Å². The lowest BCUT2D eigenvalue weighted by Gasteiger charge is -2.07. The van der Waals surface area contributed by atoms with Gasteiger partial charge in [0.15, 0.2) is 71.7 Å². The zero-order chi connectivity index (χ0) is 68.5. The Hall–Kier alpha value is -10.6. The van der Waals surface area contributed by atoms with Gasteiger partial charge in [0.25, 0.3) is 0 Å². The summed E-state index contributed by atoms with van der Waals surface area (Å²) in [7, 11) is 25.2. The van der Waals surface area contributed by atoms with Gasteiger partial charge in [-0.1, -0.05) is 30.3 Å². The van der Waals surface area contributed by atoms with Crippen molar-refractivity contribution in [3.8, 4) is 91.4 Å². The summed E-state index contributed by atoms with van der Waals surface area (Å²) in [6.45, 7) is 17.6. The molecular weight excluding hydrogens is 1190 g/mol. The predicted molar refractivity (Wildman–Crippen MR) is 379 cm³/mol. The highest BCUT2D eigenvalue weighted by molar-refractivity contribution is 5.86. The standard InChI is InChI=1S/C22H26N4.C21H25N5.C18H24N4.C17H23N5/c1-16(2)26-14-13-21(25(26)5)19-11-8-12-20(24(19)4)22-15-17-9-6-7-10-18(17)23(22)3;1-15(2)26-14-13-19(25(26)5)18-11-8-12-20(23(18)3)21-22-16-9-6-7-10-17(16)24(21)4;1-14(2)22-13-11-18(21(22)5)17-9-6-8-16(20(17)4)15-10-7-12-19(15)3;1-13(2)22-11-9-15(21(22)5)14-7-6-8-16(20(14)4)17-18-10-12-19(17)3/h6-16H,1-5H3;6-15H,1-5H3;6-14H,1-5H3;6-13H,1-5H3/q4*+2. The molecule has 0 fully saturated rings. The Morgan fingerprint density at radius 3 is 1.04 bits per heavy atom. The van der Waals surface area contributed by atoms with E-state index in [-0.39, 0.29) is 0 Å². The number of benzene rings is 2. The number of nitrogens with zero attached hydrogens (tertiary/aromatic N) is 18. The van der Waals surface area contributed by atoms with Gasteiger partial charge in [-0.25, -0.2) is 9.97 Å². The van der Waals surface area contributed by atoms with E-state index in [9.17, 15) is 0 Å². The molecule has 14 rings (SSSR count). The number of hydrogen-bond donors (Lipinski definition) is 0. The van der Waals surface area contributed by atoms with Crippen LogP contribution in [0.3, 0.4) is 0 Å². The zero-order valence-corrected chi connectivity index (χ0v) is 60.0. The molecule has 0 aliphatic heterocycles. The maximum Gasteiger partial charge on any atom is 0.248 e. The molecule has 0 saturated heterocycles. The molecule has 0 amide bonds. The van der Waals surface area contributed by atoms with Crippen molar-refractivity contribution < 1.29 is 37.0 Å². The van der Waals surface area contributed by atoms with Crippen molar-refractivity contribution in [1.29, 1.82) is 0 Å². The van der Waals surface area contributed by atoms with Gasteiger partial charge < -0.3 is 18.3 Å². The fourth-order valence-corrected chi connectivity index (χ4v) is 13.6. The number of aromatic nitrogens is 18. The molecule has 0 saturated carbocycles. The average Bonchev–Trinajstić information content (AvgIpc) is 1.59. The number of rotatable bonds is 12. The second-order valence-electron chi connectivity index (χ2n) is 26.2. The van der Waals surface area contributed by atoms with Crippen LogP contribution in [-0.2, 0) is 84.6 Å². The highest BCUT2D eigenvalue weighted by Gasteiger charge is 2.30. The van der Waals surface area contributed by atoms with Crippen molar-refractivity contribution in [2.24, 2.45) is 84.6 Å². The number of hydrogen-bond acceptors (Lipinski definition) is 2. The van der Waals surface area contributed by atoms with E-state index in [2.05, 4.69) is 396 Å². The lowest BCUT2D eigenvalue weighted by molar-refractivity contribution is -0.789. The topological polar surface area (TPSA) is 96.3 Å². The SMILES string of the molecule is CC(C)[n+]1ccc(-c2cccc(-c3cc4ccccc4n3C)[n+]2C)n1C.CC(C)[n+]1ccc(-c2cccc(-c3cccn3C)[n+]2C)n1C.CC(C)[n+]1ccc(-c2cccc(-c3nc4ccccc4n3C)[n+]2C)n1C.CC(C)[n+]1ccc(-c2cccc(-c3nccn3C)[n+]2C)n1C. The highest BCUT2D eigenvalue weighted by Crippen LogP contribution is 2.29. The van der Waals surface area contributed by atoms with Crippen molar-refractivity contribution in [2.75, 3.05) is 0 Å². The molecule has 492 valence electrons. The Kier molecular flexibility index (Phi) is 19.3. The summed E-state index contributed by atoms with van der Waals surface area (Å²) in [6, 6.07) is 59.5.